The van der Waals surface area contributed by atoms with Gasteiger partial charge in [0.15, 0.2) is 0 Å². The second-order valence-corrected chi connectivity index (χ2v) is 4.04. The molecular formula is C10H10F2INO3. The van der Waals surface area contributed by atoms with E-state index >= 15 is 0 Å². The van der Waals surface area contributed by atoms with Gasteiger partial charge in [0.05, 0.1) is 24.8 Å². The fourth-order valence-electron chi connectivity index (χ4n) is 1.25. The lowest BCUT2D eigenvalue weighted by atomic mass is 10.1. The molecule has 0 aliphatic carbocycles. The van der Waals surface area contributed by atoms with Crippen LogP contribution >= 0.6 is 22.6 Å². The summed E-state index contributed by atoms with van der Waals surface area (Å²) in [5.74, 6) is -1.06. The molecule has 0 saturated carbocycles. The second kappa shape index (κ2) is 6.08. The maximum Gasteiger partial charge on any atom is 0.338 e. The van der Waals surface area contributed by atoms with Gasteiger partial charge in [0, 0.05) is 0 Å². The van der Waals surface area contributed by atoms with Crippen LogP contribution < -0.4 is 4.74 Å². The summed E-state index contributed by atoms with van der Waals surface area (Å²) >= 11 is 1.81. The Labute approximate surface area is 110 Å². The summed E-state index contributed by atoms with van der Waals surface area (Å²) in [6.07, 6.45) is -2.85. The Morgan fingerprint density at radius 3 is 2.71 bits per heavy atom. The summed E-state index contributed by atoms with van der Waals surface area (Å²) in [6.45, 7) is 1.71. The summed E-state index contributed by atoms with van der Waals surface area (Å²) in [4.78, 5) is 15.3. The number of carbonyl (C=O) groups excluding carboxylic acids is 1. The Kier molecular flexibility index (Phi) is 5.03. The van der Waals surface area contributed by atoms with Crippen LogP contribution in [0, 0.1) is 3.70 Å². The van der Waals surface area contributed by atoms with Gasteiger partial charge in [-0.15, -0.1) is 0 Å². The van der Waals surface area contributed by atoms with Gasteiger partial charge in [0.1, 0.15) is 3.70 Å². The molecule has 94 valence electrons. The van der Waals surface area contributed by atoms with Gasteiger partial charge in [-0.25, -0.2) is 18.6 Å². The fourth-order valence-corrected chi connectivity index (χ4v) is 1.78. The van der Waals surface area contributed by atoms with Crippen LogP contribution in [-0.4, -0.2) is 24.7 Å². The number of pyridine rings is 1. The molecule has 1 heterocycles. The van der Waals surface area contributed by atoms with Crippen LogP contribution in [-0.2, 0) is 4.74 Å². The van der Waals surface area contributed by atoms with Crippen molar-refractivity contribution in [2.45, 2.75) is 13.3 Å². The standard InChI is InChI=1S/C10H10F2INO3/c1-3-17-10(15)5-4-6(13)14-9(16-2)7(5)8(11)12/h4,8H,3H2,1-2H3. The molecule has 0 aliphatic heterocycles. The molecule has 0 radical (unpaired) electrons. The number of carbonyl (C=O) groups is 1. The smallest absolute Gasteiger partial charge is 0.338 e. The van der Waals surface area contributed by atoms with Crippen LogP contribution in [0.15, 0.2) is 6.07 Å². The van der Waals surface area contributed by atoms with Crippen LogP contribution in [0.4, 0.5) is 8.78 Å². The lowest BCUT2D eigenvalue weighted by Gasteiger charge is -2.12. The first kappa shape index (κ1) is 14.1. The lowest BCUT2D eigenvalue weighted by Crippen LogP contribution is -2.11. The van der Waals surface area contributed by atoms with Crippen molar-refractivity contribution in [1.82, 2.24) is 4.98 Å². The molecule has 7 heteroatoms. The number of methoxy groups -OCH3 is 1. The van der Waals surface area contributed by atoms with E-state index in [4.69, 9.17) is 9.47 Å². The maximum absolute atomic E-state index is 12.9. The van der Waals surface area contributed by atoms with Crippen molar-refractivity contribution in [2.75, 3.05) is 13.7 Å². The van der Waals surface area contributed by atoms with Crippen molar-refractivity contribution in [1.29, 1.82) is 0 Å². The third-order valence-corrected chi connectivity index (χ3v) is 2.45. The molecule has 1 aromatic rings. The summed E-state index contributed by atoms with van der Waals surface area (Å²) in [7, 11) is 1.22. The molecule has 0 aliphatic rings. The SMILES string of the molecule is CCOC(=O)c1cc(I)nc(OC)c1C(F)F. The first-order valence-corrected chi connectivity index (χ1v) is 5.78. The number of aromatic nitrogens is 1. The number of esters is 1. The van der Waals surface area contributed by atoms with Gasteiger partial charge in [0.25, 0.3) is 6.43 Å². The molecule has 1 rings (SSSR count). The molecule has 0 spiro atoms. The summed E-state index contributed by atoms with van der Waals surface area (Å²) in [5.41, 5.74) is -0.746. The number of halogens is 3. The maximum atomic E-state index is 12.9. The van der Waals surface area contributed by atoms with Crippen molar-refractivity contribution in [2.24, 2.45) is 0 Å². The average Bonchev–Trinajstić information content (AvgIpc) is 2.27. The normalized spacial score (nSPS) is 10.5. The zero-order valence-electron chi connectivity index (χ0n) is 9.17. The van der Waals surface area contributed by atoms with Gasteiger partial charge in [-0.1, -0.05) is 0 Å². The fraction of sp³-hybridized carbons (Fsp3) is 0.400. The van der Waals surface area contributed by atoms with Gasteiger partial charge in [-0.05, 0) is 35.6 Å². The van der Waals surface area contributed by atoms with Gasteiger partial charge in [-0.3, -0.25) is 0 Å². The largest absolute Gasteiger partial charge is 0.481 e. The number of alkyl halides is 2. The van der Waals surface area contributed by atoms with Crippen molar-refractivity contribution in [3.8, 4) is 5.88 Å². The van der Waals surface area contributed by atoms with Gasteiger partial charge in [0.2, 0.25) is 5.88 Å². The molecule has 0 saturated heterocycles. The van der Waals surface area contributed by atoms with E-state index in [1.54, 1.807) is 6.92 Å². The lowest BCUT2D eigenvalue weighted by molar-refractivity contribution is 0.0513. The molecule has 4 nitrogen and oxygen atoms in total. The average molecular weight is 357 g/mol. The summed E-state index contributed by atoms with van der Waals surface area (Å²) in [6, 6.07) is 1.25. The highest BCUT2D eigenvalue weighted by Crippen LogP contribution is 2.32. The Morgan fingerprint density at radius 1 is 1.59 bits per heavy atom. The Bertz CT molecular complexity index is 426. The topological polar surface area (TPSA) is 48.4 Å². The van der Waals surface area contributed by atoms with E-state index in [-0.39, 0.29) is 18.1 Å². The predicted octanol–water partition coefficient (Wildman–Crippen LogP) is 2.81. The van der Waals surface area contributed by atoms with Crippen LogP contribution in [0.5, 0.6) is 5.88 Å². The van der Waals surface area contributed by atoms with E-state index in [2.05, 4.69) is 4.98 Å². The number of hydrogen-bond acceptors (Lipinski definition) is 4. The molecule has 0 bridgehead atoms. The van der Waals surface area contributed by atoms with E-state index < -0.39 is 18.0 Å². The van der Waals surface area contributed by atoms with E-state index in [0.29, 0.717) is 3.70 Å². The quantitative estimate of drug-likeness (QED) is 0.473. The minimum Gasteiger partial charge on any atom is -0.481 e. The van der Waals surface area contributed by atoms with Crippen LogP contribution in [0.1, 0.15) is 29.3 Å². The minimum atomic E-state index is -2.85. The second-order valence-electron chi connectivity index (χ2n) is 2.94. The molecule has 1 aromatic heterocycles. The highest BCUT2D eigenvalue weighted by Gasteiger charge is 2.26. The van der Waals surface area contributed by atoms with Crippen molar-refractivity contribution < 1.29 is 23.0 Å². The van der Waals surface area contributed by atoms with Gasteiger partial charge < -0.3 is 9.47 Å². The monoisotopic (exact) mass is 357 g/mol. The van der Waals surface area contributed by atoms with Crippen molar-refractivity contribution in [3.05, 3.63) is 20.9 Å². The Morgan fingerprint density at radius 2 is 2.24 bits per heavy atom. The number of rotatable bonds is 4. The Hall–Kier alpha value is -0.990. The van der Waals surface area contributed by atoms with E-state index in [1.165, 1.54) is 13.2 Å². The minimum absolute atomic E-state index is 0.114. The summed E-state index contributed by atoms with van der Waals surface area (Å²) < 4.78 is 35.6. The van der Waals surface area contributed by atoms with E-state index in [9.17, 15) is 13.6 Å². The Balaban J connectivity index is 3.35. The summed E-state index contributed by atoms with van der Waals surface area (Å²) in [5, 5.41) is 0. The zero-order valence-corrected chi connectivity index (χ0v) is 11.3. The van der Waals surface area contributed by atoms with E-state index in [0.717, 1.165) is 0 Å². The number of ether oxygens (including phenoxy) is 2. The van der Waals surface area contributed by atoms with Crippen molar-refractivity contribution >= 4 is 28.6 Å². The molecule has 0 aromatic carbocycles. The first-order valence-electron chi connectivity index (χ1n) is 4.71. The molecule has 0 amide bonds. The number of nitrogens with zero attached hydrogens (tertiary/aromatic N) is 1. The van der Waals surface area contributed by atoms with Gasteiger partial charge >= 0.3 is 5.97 Å². The molecule has 0 atom stereocenters. The third kappa shape index (κ3) is 3.24. The van der Waals surface area contributed by atoms with Crippen LogP contribution in [0.25, 0.3) is 0 Å². The number of hydrogen-bond donors (Lipinski definition) is 0. The van der Waals surface area contributed by atoms with Crippen LogP contribution in [0.2, 0.25) is 0 Å². The predicted molar refractivity (Wildman–Crippen MR) is 64.4 cm³/mol. The first-order chi connectivity index (χ1) is 8.01. The highest BCUT2D eigenvalue weighted by molar-refractivity contribution is 14.1. The third-order valence-electron chi connectivity index (χ3n) is 1.90. The zero-order chi connectivity index (χ0) is 13.0. The molecule has 17 heavy (non-hydrogen) atoms. The molecule has 0 fully saturated rings. The highest BCUT2D eigenvalue weighted by atomic mass is 127. The molecule has 0 unspecified atom stereocenters. The molecular weight excluding hydrogens is 347 g/mol. The molecule has 0 N–H and O–H groups in total. The van der Waals surface area contributed by atoms with Gasteiger partial charge in [-0.2, -0.15) is 0 Å². The van der Waals surface area contributed by atoms with E-state index in [1.807, 2.05) is 22.6 Å². The van der Waals surface area contributed by atoms with Crippen LogP contribution in [0.3, 0.4) is 0 Å². The van der Waals surface area contributed by atoms with Crippen molar-refractivity contribution in [3.63, 3.8) is 0 Å².